The first-order valence-corrected chi connectivity index (χ1v) is 8.52. The highest BCUT2D eigenvalue weighted by molar-refractivity contribution is 5.83. The van der Waals surface area contributed by atoms with Gasteiger partial charge in [-0.1, -0.05) is 55.4 Å². The second kappa shape index (κ2) is 9.46. The third kappa shape index (κ3) is 6.74. The van der Waals surface area contributed by atoms with Crippen LogP contribution in [0.3, 0.4) is 0 Å². The SMILES string of the molecule is [3H]C1CC(C)=C(/C=C/C(C)=C\C=C\C(C)=C\C(=O)OCC)C(C)(C)C1[3H]. The maximum absolute atomic E-state index is 11.4. The van der Waals surface area contributed by atoms with E-state index in [0.717, 1.165) is 16.7 Å². The molecule has 2 unspecified atom stereocenters. The minimum Gasteiger partial charge on any atom is -0.463 e. The number of carbonyl (C=O) groups is 1. The lowest BCUT2D eigenvalue weighted by Crippen LogP contribution is -2.19. The van der Waals surface area contributed by atoms with Crippen LogP contribution in [-0.4, -0.2) is 12.6 Å². The van der Waals surface area contributed by atoms with Crippen molar-refractivity contribution in [2.45, 2.75) is 60.8 Å². The van der Waals surface area contributed by atoms with Crippen LogP contribution in [0.1, 0.15) is 63.5 Å². The van der Waals surface area contributed by atoms with Gasteiger partial charge in [-0.15, -0.1) is 0 Å². The second-order valence-electron chi connectivity index (χ2n) is 6.77. The number of carbonyl (C=O) groups excluding carboxylic acids is 1. The normalized spacial score (nSPS) is 26.8. The smallest absolute Gasteiger partial charge is 0.330 e. The molecule has 0 N–H and O–H groups in total. The van der Waals surface area contributed by atoms with E-state index in [2.05, 4.69) is 26.8 Å². The number of hydrogen-bond acceptors (Lipinski definition) is 2. The van der Waals surface area contributed by atoms with Crippen molar-refractivity contribution in [1.29, 1.82) is 0 Å². The zero-order chi connectivity index (χ0) is 19.9. The van der Waals surface area contributed by atoms with Gasteiger partial charge >= 0.3 is 5.97 Å². The van der Waals surface area contributed by atoms with Crippen molar-refractivity contribution in [3.8, 4) is 0 Å². The minimum absolute atomic E-state index is 0.319. The molecule has 0 fully saturated rings. The molecular weight excluding hydrogens is 296 g/mol. The number of rotatable bonds is 6. The van der Waals surface area contributed by atoms with Gasteiger partial charge in [0.1, 0.15) is 0 Å². The summed E-state index contributed by atoms with van der Waals surface area (Å²) in [5.41, 5.74) is 3.96. The summed E-state index contributed by atoms with van der Waals surface area (Å²) in [5.74, 6) is -0.324. The number of hydrogen-bond donors (Lipinski definition) is 0. The molecule has 0 bridgehead atoms. The molecule has 0 aromatic heterocycles. The van der Waals surface area contributed by atoms with Crippen molar-refractivity contribution in [2.24, 2.45) is 5.41 Å². The van der Waals surface area contributed by atoms with Crippen molar-refractivity contribution >= 4 is 5.97 Å². The number of esters is 1. The first kappa shape index (κ1) is 17.0. The topological polar surface area (TPSA) is 26.3 Å². The summed E-state index contributed by atoms with van der Waals surface area (Å²) < 4.78 is 21.3. The molecule has 0 aliphatic heterocycles. The molecule has 2 nitrogen and oxygen atoms in total. The molecule has 1 aliphatic carbocycles. The summed E-state index contributed by atoms with van der Waals surface area (Å²) in [6.45, 7) is 12.2. The first-order valence-electron chi connectivity index (χ1n) is 9.67. The van der Waals surface area contributed by atoms with E-state index in [0.29, 0.717) is 13.0 Å². The molecule has 0 aromatic rings. The fraction of sp³-hybridized carbons (Fsp3) is 0.500. The highest BCUT2D eigenvalue weighted by Gasteiger charge is 2.26. The van der Waals surface area contributed by atoms with Crippen LogP contribution >= 0.6 is 0 Å². The van der Waals surface area contributed by atoms with E-state index in [1.165, 1.54) is 11.6 Å². The standard InChI is InChI=1S/C22H32O2/c1-7-24-21(23)16-18(3)11-8-10-17(2)13-14-20-19(4)12-9-15-22(20,5)6/h8,10-11,13-14,16H,7,9,12,15H2,1-6H3/b11-8+,14-13+,17-10-,18-16+/i9T,15T. The van der Waals surface area contributed by atoms with Crippen molar-refractivity contribution < 1.29 is 12.3 Å². The van der Waals surface area contributed by atoms with E-state index in [-0.39, 0.29) is 17.8 Å². The van der Waals surface area contributed by atoms with E-state index in [1.807, 2.05) is 38.2 Å². The van der Waals surface area contributed by atoms with Crippen LogP contribution in [0.15, 0.2) is 58.7 Å². The largest absolute Gasteiger partial charge is 0.463 e. The van der Waals surface area contributed by atoms with Crippen LogP contribution in [0, 0.1) is 5.41 Å². The summed E-state index contributed by atoms with van der Waals surface area (Å²) in [6, 6.07) is 0. The Bertz CT molecular complexity index is 664. The molecule has 132 valence electrons. The first-order chi connectivity index (χ1) is 12.1. The zero-order valence-corrected chi connectivity index (χ0v) is 15.8. The highest BCUT2D eigenvalue weighted by atomic mass is 16.5. The molecule has 0 heterocycles. The van der Waals surface area contributed by atoms with Crippen molar-refractivity contribution in [3.63, 3.8) is 0 Å². The molecule has 0 saturated carbocycles. The van der Waals surface area contributed by atoms with E-state index >= 15 is 0 Å². The van der Waals surface area contributed by atoms with Gasteiger partial charge in [0, 0.05) is 8.82 Å². The molecule has 2 heteroatoms. The van der Waals surface area contributed by atoms with Crippen molar-refractivity contribution in [3.05, 3.63) is 58.7 Å². The predicted octanol–water partition coefficient (Wildman–Crippen LogP) is 6.08. The van der Waals surface area contributed by atoms with E-state index in [1.54, 1.807) is 6.92 Å². The Labute approximate surface area is 150 Å². The van der Waals surface area contributed by atoms with E-state index in [4.69, 9.17) is 7.48 Å². The van der Waals surface area contributed by atoms with E-state index in [9.17, 15) is 4.79 Å². The lowest BCUT2D eigenvalue weighted by molar-refractivity contribution is -0.137. The Kier molecular flexibility index (Phi) is 6.71. The van der Waals surface area contributed by atoms with Gasteiger partial charge in [-0.3, -0.25) is 0 Å². The van der Waals surface area contributed by atoms with Gasteiger partial charge in [-0.05, 0) is 63.5 Å². The molecule has 0 aromatic carbocycles. The summed E-state index contributed by atoms with van der Waals surface area (Å²) in [6.07, 6.45) is 11.3. The molecule has 0 spiro atoms. The number of allylic oxidation sites excluding steroid dienone is 9. The summed E-state index contributed by atoms with van der Waals surface area (Å²) in [5, 5.41) is 0. The third-order valence-corrected chi connectivity index (χ3v) is 3.98. The van der Waals surface area contributed by atoms with Crippen LogP contribution in [0.4, 0.5) is 0 Å². The quantitative estimate of drug-likeness (QED) is 0.335. The molecule has 0 saturated heterocycles. The maximum Gasteiger partial charge on any atom is 0.330 e. The van der Waals surface area contributed by atoms with Gasteiger partial charge in [0.2, 0.25) is 0 Å². The van der Waals surface area contributed by atoms with Gasteiger partial charge in [0.05, 0.1) is 6.61 Å². The fourth-order valence-corrected chi connectivity index (χ4v) is 2.68. The Balaban J connectivity index is 2.84. The molecule has 2 atom stereocenters. The monoisotopic (exact) mass is 332 g/mol. The fourth-order valence-electron chi connectivity index (χ4n) is 2.68. The van der Waals surface area contributed by atoms with Gasteiger partial charge in [-0.2, -0.15) is 0 Å². The maximum atomic E-state index is 11.4. The van der Waals surface area contributed by atoms with Crippen LogP contribution in [0.25, 0.3) is 0 Å². The average molecular weight is 333 g/mol. The molecule has 0 amide bonds. The van der Waals surface area contributed by atoms with Gasteiger partial charge in [0.25, 0.3) is 0 Å². The van der Waals surface area contributed by atoms with Gasteiger partial charge < -0.3 is 4.74 Å². The predicted molar refractivity (Wildman–Crippen MR) is 103 cm³/mol. The Morgan fingerprint density at radius 3 is 2.67 bits per heavy atom. The number of ether oxygens (including phenoxy) is 1. The molecule has 1 rings (SSSR count). The minimum atomic E-state index is -0.411. The Morgan fingerprint density at radius 1 is 1.29 bits per heavy atom. The van der Waals surface area contributed by atoms with E-state index < -0.39 is 6.40 Å². The summed E-state index contributed by atoms with van der Waals surface area (Å²) in [7, 11) is 0. The van der Waals surface area contributed by atoms with Crippen LogP contribution in [0.2, 0.25) is 0 Å². The van der Waals surface area contributed by atoms with Crippen LogP contribution in [0.5, 0.6) is 0 Å². The highest BCUT2D eigenvalue weighted by Crippen LogP contribution is 2.40. The second-order valence-corrected chi connectivity index (χ2v) is 6.77. The average Bonchev–Trinajstić information content (AvgIpc) is 2.52. The summed E-state index contributed by atoms with van der Waals surface area (Å²) in [4.78, 5) is 11.4. The molecule has 24 heavy (non-hydrogen) atoms. The van der Waals surface area contributed by atoms with Crippen LogP contribution < -0.4 is 0 Å². The Morgan fingerprint density at radius 2 is 2.00 bits per heavy atom. The molecule has 1 aliphatic rings. The van der Waals surface area contributed by atoms with Gasteiger partial charge in [-0.25, -0.2) is 4.79 Å². The lowest BCUT2D eigenvalue weighted by atomic mass is 9.72. The lowest BCUT2D eigenvalue weighted by Gasteiger charge is -2.32. The van der Waals surface area contributed by atoms with Gasteiger partial charge in [0.15, 0.2) is 0 Å². The van der Waals surface area contributed by atoms with Crippen LogP contribution in [-0.2, 0) is 9.53 Å². The Hall–Kier alpha value is -1.83. The molecular formula is C22H32O2. The zero-order valence-electron chi connectivity index (χ0n) is 17.8. The third-order valence-electron chi connectivity index (χ3n) is 3.98. The van der Waals surface area contributed by atoms with Crippen molar-refractivity contribution in [2.75, 3.05) is 6.61 Å². The molecule has 0 radical (unpaired) electrons. The summed E-state index contributed by atoms with van der Waals surface area (Å²) >= 11 is 0. The van der Waals surface area contributed by atoms with Crippen molar-refractivity contribution in [1.82, 2.24) is 0 Å².